The van der Waals surface area contributed by atoms with Gasteiger partial charge in [-0.25, -0.2) is 9.48 Å². The third-order valence-electron chi connectivity index (χ3n) is 2.99. The van der Waals surface area contributed by atoms with Crippen LogP contribution in [0.1, 0.15) is 29.6 Å². The zero-order valence-corrected chi connectivity index (χ0v) is 10.9. The van der Waals surface area contributed by atoms with Gasteiger partial charge in [-0.3, -0.25) is 0 Å². The van der Waals surface area contributed by atoms with Crippen molar-refractivity contribution in [3.63, 3.8) is 0 Å². The number of carboxylic acids is 1. The number of methoxy groups -OCH3 is 1. The molecule has 0 fully saturated rings. The largest absolute Gasteiger partial charge is 0.478 e. The Morgan fingerprint density at radius 2 is 2.21 bits per heavy atom. The molecule has 1 heterocycles. The summed E-state index contributed by atoms with van der Waals surface area (Å²) in [6, 6.07) is 5.11. The molecule has 1 N–H and O–H groups in total. The van der Waals surface area contributed by atoms with Crippen molar-refractivity contribution < 1.29 is 14.6 Å². The van der Waals surface area contributed by atoms with Crippen molar-refractivity contribution in [2.24, 2.45) is 0 Å². The minimum Gasteiger partial charge on any atom is -0.478 e. The smallest absolute Gasteiger partial charge is 0.338 e. The number of aromatic nitrogens is 3. The number of carboxylic acid groups (broad SMARTS) is 1. The lowest BCUT2D eigenvalue weighted by molar-refractivity contribution is 0.0699. The van der Waals surface area contributed by atoms with Crippen LogP contribution in [-0.2, 0) is 11.3 Å². The highest BCUT2D eigenvalue weighted by molar-refractivity contribution is 6.00. The van der Waals surface area contributed by atoms with Crippen LogP contribution in [0.25, 0.3) is 11.0 Å². The van der Waals surface area contributed by atoms with Crippen LogP contribution in [-0.4, -0.2) is 39.8 Å². The SMILES string of the molecule is COCCCCCn1nnc2c(C(=O)O)cccc21. The van der Waals surface area contributed by atoms with E-state index >= 15 is 0 Å². The Hall–Kier alpha value is -1.95. The molecule has 102 valence electrons. The number of carbonyl (C=O) groups is 1. The molecule has 6 heteroatoms. The number of unbranched alkanes of at least 4 members (excludes halogenated alkanes) is 2. The molecule has 0 spiro atoms. The molecule has 0 radical (unpaired) electrons. The summed E-state index contributed by atoms with van der Waals surface area (Å²) in [5.74, 6) is -0.974. The van der Waals surface area contributed by atoms with Gasteiger partial charge in [0.05, 0.1) is 11.1 Å². The third kappa shape index (κ3) is 3.08. The molecule has 1 aromatic carbocycles. The van der Waals surface area contributed by atoms with Crippen molar-refractivity contribution >= 4 is 17.0 Å². The summed E-state index contributed by atoms with van der Waals surface area (Å²) in [4.78, 5) is 11.1. The lowest BCUT2D eigenvalue weighted by atomic mass is 10.2. The van der Waals surface area contributed by atoms with E-state index in [4.69, 9.17) is 9.84 Å². The summed E-state index contributed by atoms with van der Waals surface area (Å²) in [7, 11) is 1.69. The van der Waals surface area contributed by atoms with E-state index in [1.807, 2.05) is 6.07 Å². The fourth-order valence-corrected chi connectivity index (χ4v) is 2.01. The minimum absolute atomic E-state index is 0.197. The van der Waals surface area contributed by atoms with Crippen LogP contribution in [0.5, 0.6) is 0 Å². The monoisotopic (exact) mass is 263 g/mol. The molecule has 2 rings (SSSR count). The Morgan fingerprint density at radius 3 is 2.95 bits per heavy atom. The van der Waals surface area contributed by atoms with Crippen LogP contribution in [0.2, 0.25) is 0 Å². The Bertz CT molecular complexity index is 565. The van der Waals surface area contributed by atoms with Gasteiger partial charge in [-0.1, -0.05) is 11.3 Å². The zero-order valence-electron chi connectivity index (χ0n) is 10.9. The van der Waals surface area contributed by atoms with Crippen LogP contribution in [0.15, 0.2) is 18.2 Å². The lowest BCUT2D eigenvalue weighted by Crippen LogP contribution is -2.01. The number of hydrogen-bond donors (Lipinski definition) is 1. The van der Waals surface area contributed by atoms with Crippen LogP contribution < -0.4 is 0 Å². The molecule has 0 atom stereocenters. The van der Waals surface area contributed by atoms with Gasteiger partial charge in [0.15, 0.2) is 0 Å². The van der Waals surface area contributed by atoms with Crippen molar-refractivity contribution in [2.45, 2.75) is 25.8 Å². The number of rotatable bonds is 7. The highest BCUT2D eigenvalue weighted by Gasteiger charge is 2.13. The predicted octanol–water partition coefficient (Wildman–Crippen LogP) is 1.95. The first-order chi connectivity index (χ1) is 9.24. The first kappa shape index (κ1) is 13.5. The first-order valence-electron chi connectivity index (χ1n) is 6.28. The van der Waals surface area contributed by atoms with Gasteiger partial charge < -0.3 is 9.84 Å². The van der Waals surface area contributed by atoms with Gasteiger partial charge in [-0.2, -0.15) is 0 Å². The average molecular weight is 263 g/mol. The number of benzene rings is 1. The van der Waals surface area contributed by atoms with Crippen LogP contribution in [0.4, 0.5) is 0 Å². The van der Waals surface area contributed by atoms with E-state index in [2.05, 4.69) is 10.3 Å². The molecular weight excluding hydrogens is 246 g/mol. The maximum atomic E-state index is 11.1. The molecule has 1 aromatic heterocycles. The number of ether oxygens (including phenoxy) is 1. The average Bonchev–Trinajstić information content (AvgIpc) is 2.81. The summed E-state index contributed by atoms with van der Waals surface area (Å²) in [6.45, 7) is 1.50. The highest BCUT2D eigenvalue weighted by atomic mass is 16.5. The van der Waals surface area contributed by atoms with Gasteiger partial charge in [0.25, 0.3) is 0 Å². The number of aryl methyl sites for hydroxylation is 1. The molecule has 0 saturated heterocycles. The highest BCUT2D eigenvalue weighted by Crippen LogP contribution is 2.16. The van der Waals surface area contributed by atoms with Gasteiger partial charge in [0.1, 0.15) is 5.52 Å². The van der Waals surface area contributed by atoms with E-state index in [1.165, 1.54) is 0 Å². The fourth-order valence-electron chi connectivity index (χ4n) is 2.01. The fraction of sp³-hybridized carbons (Fsp3) is 0.462. The van der Waals surface area contributed by atoms with Crippen LogP contribution in [0.3, 0.4) is 0 Å². The van der Waals surface area contributed by atoms with Gasteiger partial charge in [0, 0.05) is 20.3 Å². The minimum atomic E-state index is -0.974. The van der Waals surface area contributed by atoms with Crippen molar-refractivity contribution in [1.82, 2.24) is 15.0 Å². The molecule has 2 aromatic rings. The summed E-state index contributed by atoms with van der Waals surface area (Å²) >= 11 is 0. The summed E-state index contributed by atoms with van der Waals surface area (Å²) in [6.07, 6.45) is 3.04. The molecule has 0 amide bonds. The number of nitrogens with zero attached hydrogens (tertiary/aromatic N) is 3. The van der Waals surface area contributed by atoms with E-state index in [-0.39, 0.29) is 5.56 Å². The quantitative estimate of drug-likeness (QED) is 0.772. The summed E-state index contributed by atoms with van der Waals surface area (Å²) in [5.41, 5.74) is 1.42. The Balaban J connectivity index is 2.08. The van der Waals surface area contributed by atoms with Gasteiger partial charge in [-0.05, 0) is 31.4 Å². The first-order valence-corrected chi connectivity index (χ1v) is 6.28. The second kappa shape index (κ2) is 6.29. The van der Waals surface area contributed by atoms with Gasteiger partial charge in [0.2, 0.25) is 0 Å². The van der Waals surface area contributed by atoms with Gasteiger partial charge >= 0.3 is 5.97 Å². The Labute approximate surface area is 111 Å². The molecule has 0 aliphatic heterocycles. The topological polar surface area (TPSA) is 77.2 Å². The maximum Gasteiger partial charge on any atom is 0.338 e. The van der Waals surface area contributed by atoms with E-state index in [1.54, 1.807) is 23.9 Å². The van der Waals surface area contributed by atoms with E-state index in [0.29, 0.717) is 5.52 Å². The second-order valence-corrected chi connectivity index (χ2v) is 4.34. The Morgan fingerprint density at radius 1 is 1.37 bits per heavy atom. The molecule has 0 saturated carbocycles. The third-order valence-corrected chi connectivity index (χ3v) is 2.99. The molecule has 0 aliphatic carbocycles. The molecular formula is C13H17N3O3. The zero-order chi connectivity index (χ0) is 13.7. The van der Waals surface area contributed by atoms with Crippen LogP contribution in [0, 0.1) is 0 Å². The van der Waals surface area contributed by atoms with Crippen molar-refractivity contribution in [1.29, 1.82) is 0 Å². The lowest BCUT2D eigenvalue weighted by Gasteiger charge is -2.02. The van der Waals surface area contributed by atoms with Crippen molar-refractivity contribution in [3.05, 3.63) is 23.8 Å². The van der Waals surface area contributed by atoms with E-state index < -0.39 is 5.97 Å². The van der Waals surface area contributed by atoms with Gasteiger partial charge in [-0.15, -0.1) is 5.10 Å². The standard InChI is InChI=1S/C13H17N3O3/c1-19-9-4-2-3-8-16-11-7-5-6-10(13(17)18)12(11)14-15-16/h5-7H,2-4,8-9H2,1H3,(H,17,18). The maximum absolute atomic E-state index is 11.1. The molecule has 0 bridgehead atoms. The number of aromatic carboxylic acids is 1. The molecule has 0 aliphatic rings. The molecule has 19 heavy (non-hydrogen) atoms. The number of hydrogen-bond acceptors (Lipinski definition) is 4. The number of fused-ring (bicyclic) bond motifs is 1. The molecule has 0 unspecified atom stereocenters. The van der Waals surface area contributed by atoms with Crippen molar-refractivity contribution in [2.75, 3.05) is 13.7 Å². The van der Waals surface area contributed by atoms with Crippen molar-refractivity contribution in [3.8, 4) is 0 Å². The van der Waals surface area contributed by atoms with Crippen LogP contribution >= 0.6 is 0 Å². The predicted molar refractivity (Wildman–Crippen MR) is 70.2 cm³/mol. The molecule has 6 nitrogen and oxygen atoms in total. The second-order valence-electron chi connectivity index (χ2n) is 4.34. The summed E-state index contributed by atoms with van der Waals surface area (Å²) < 4.78 is 6.75. The normalized spacial score (nSPS) is 11.0. The van der Waals surface area contributed by atoms with E-state index in [9.17, 15) is 4.79 Å². The summed E-state index contributed by atoms with van der Waals surface area (Å²) in [5, 5.41) is 17.1. The van der Waals surface area contributed by atoms with E-state index in [0.717, 1.165) is 37.9 Å². The Kier molecular flexibility index (Phi) is 4.46.